The van der Waals surface area contributed by atoms with Gasteiger partial charge >= 0.3 is 0 Å². The van der Waals surface area contributed by atoms with Crippen LogP contribution in [0, 0.1) is 5.92 Å². The Morgan fingerprint density at radius 3 is 2.20 bits per heavy atom. The molecular formula is C38H39Cl3N4O4. The Hall–Kier alpha value is -3.69. The summed E-state index contributed by atoms with van der Waals surface area (Å²) in [5, 5.41) is 7.75. The smallest absolute Gasteiger partial charge is 0.220 e. The minimum atomic E-state index is 0.135. The van der Waals surface area contributed by atoms with Crippen LogP contribution in [-0.2, 0) is 22.6 Å². The third-order valence-corrected chi connectivity index (χ3v) is 10.5. The molecule has 49 heavy (non-hydrogen) atoms. The molecule has 1 saturated heterocycles. The van der Waals surface area contributed by atoms with Crippen molar-refractivity contribution in [2.24, 2.45) is 5.92 Å². The van der Waals surface area contributed by atoms with Crippen molar-refractivity contribution in [1.29, 1.82) is 0 Å². The van der Waals surface area contributed by atoms with Crippen LogP contribution in [0.25, 0.3) is 33.6 Å². The van der Waals surface area contributed by atoms with E-state index in [4.69, 9.17) is 54.2 Å². The Bertz CT molecular complexity index is 1870. The number of Topliss-reactive ketones (excluding diaryl/α,β-unsaturated/α-hetero) is 1. The lowest BCUT2D eigenvalue weighted by atomic mass is 9.97. The molecule has 11 heteroatoms. The molecule has 0 spiro atoms. The molecule has 1 aliphatic heterocycles. The number of ketones is 1. The second-order valence-corrected chi connectivity index (χ2v) is 13.8. The number of halogens is 3. The van der Waals surface area contributed by atoms with E-state index < -0.39 is 0 Å². The monoisotopic (exact) mass is 720 g/mol. The first-order chi connectivity index (χ1) is 23.7. The van der Waals surface area contributed by atoms with Crippen LogP contribution < -0.4 is 20.1 Å². The van der Waals surface area contributed by atoms with Gasteiger partial charge in [0.25, 0.3) is 0 Å². The third-order valence-electron chi connectivity index (χ3n) is 9.39. The van der Waals surface area contributed by atoms with Gasteiger partial charge in [-0.1, -0.05) is 77.3 Å². The molecule has 2 aromatic carbocycles. The summed E-state index contributed by atoms with van der Waals surface area (Å²) in [5.74, 6) is 1.96. The van der Waals surface area contributed by atoms with Crippen LogP contribution in [0.2, 0.25) is 15.2 Å². The molecule has 0 radical (unpaired) electrons. The van der Waals surface area contributed by atoms with E-state index in [-0.39, 0.29) is 11.9 Å². The number of nitrogens with zero attached hydrogens (tertiary/aromatic N) is 2. The van der Waals surface area contributed by atoms with Gasteiger partial charge in [-0.3, -0.25) is 9.59 Å². The summed E-state index contributed by atoms with van der Waals surface area (Å²) >= 11 is 20.9. The van der Waals surface area contributed by atoms with Crippen LogP contribution in [0.15, 0.2) is 54.6 Å². The van der Waals surface area contributed by atoms with Crippen molar-refractivity contribution in [2.45, 2.75) is 64.0 Å². The molecule has 0 unspecified atom stereocenters. The number of hydrogen-bond acceptors (Lipinski definition) is 7. The molecule has 1 saturated carbocycles. The zero-order valence-corrected chi connectivity index (χ0v) is 29.9. The SMILES string of the molecule is COc1cc(-c2cccc(-c3cccc(-c4ccc(CCC[C@@H]5CCC(=O)N5)c(OC)n4)c3Cl)c2Cl)nc(Cl)c1CNC[C@@H]1CCC(=O)C1. The van der Waals surface area contributed by atoms with Gasteiger partial charge in [0.1, 0.15) is 16.7 Å². The number of methoxy groups -OCH3 is 2. The third kappa shape index (κ3) is 8.04. The van der Waals surface area contributed by atoms with Crippen molar-refractivity contribution >= 4 is 46.5 Å². The molecule has 0 bridgehead atoms. The Morgan fingerprint density at radius 2 is 1.57 bits per heavy atom. The summed E-state index contributed by atoms with van der Waals surface area (Å²) in [4.78, 5) is 32.7. The number of carbonyl (C=O) groups excluding carboxylic acids is 2. The molecule has 4 aromatic rings. The Labute approximate surface area is 301 Å². The molecule has 256 valence electrons. The van der Waals surface area contributed by atoms with E-state index in [1.807, 2.05) is 54.6 Å². The van der Waals surface area contributed by atoms with Crippen LogP contribution >= 0.6 is 34.8 Å². The first kappa shape index (κ1) is 35.1. The van der Waals surface area contributed by atoms with E-state index in [2.05, 4.69) is 10.6 Å². The highest BCUT2D eigenvalue weighted by molar-refractivity contribution is 6.39. The van der Waals surface area contributed by atoms with Gasteiger partial charge in [-0.2, -0.15) is 0 Å². The zero-order valence-electron chi connectivity index (χ0n) is 27.6. The maximum atomic E-state index is 11.6. The number of aryl methyl sites for hydroxylation is 1. The summed E-state index contributed by atoms with van der Waals surface area (Å²) in [6.45, 7) is 1.20. The van der Waals surface area contributed by atoms with E-state index >= 15 is 0 Å². The van der Waals surface area contributed by atoms with E-state index in [0.29, 0.717) is 81.3 Å². The molecule has 2 aliphatic rings. The fourth-order valence-corrected chi connectivity index (χ4v) is 7.66. The van der Waals surface area contributed by atoms with Crippen LogP contribution in [0.4, 0.5) is 0 Å². The van der Waals surface area contributed by atoms with Gasteiger partial charge in [-0.15, -0.1) is 0 Å². The molecule has 2 N–H and O–H groups in total. The number of ether oxygens (including phenoxy) is 2. The van der Waals surface area contributed by atoms with Gasteiger partial charge < -0.3 is 20.1 Å². The van der Waals surface area contributed by atoms with Gasteiger partial charge in [0, 0.05) is 71.3 Å². The second-order valence-electron chi connectivity index (χ2n) is 12.7. The topological polar surface area (TPSA) is 102 Å². The normalized spacial score (nSPS) is 17.4. The molecule has 2 fully saturated rings. The van der Waals surface area contributed by atoms with Crippen molar-refractivity contribution < 1.29 is 19.1 Å². The molecule has 1 aliphatic carbocycles. The van der Waals surface area contributed by atoms with Crippen LogP contribution in [0.3, 0.4) is 0 Å². The predicted octanol–water partition coefficient (Wildman–Crippen LogP) is 8.52. The number of benzene rings is 2. The van der Waals surface area contributed by atoms with E-state index in [1.165, 1.54) is 0 Å². The van der Waals surface area contributed by atoms with Gasteiger partial charge in [0.2, 0.25) is 11.8 Å². The molecular weight excluding hydrogens is 683 g/mol. The van der Waals surface area contributed by atoms with Gasteiger partial charge in [0.15, 0.2) is 0 Å². The highest BCUT2D eigenvalue weighted by Crippen LogP contribution is 2.43. The number of rotatable bonds is 13. The average molecular weight is 722 g/mol. The molecule has 2 atom stereocenters. The standard InChI is InChI=1S/C38H39Cl3N4O4/c1-48-33-19-32(44-37(41)30(33)21-42-20-22-12-15-25(46)18-22)29-11-5-9-27(36(29)40)26-8-4-10-28(35(26)39)31-16-13-23(38(45-31)49-2)6-3-7-24-14-17-34(47)43-24/h4-5,8-11,13,16,19,22,24,42H,3,6-7,12,14-15,17-18,20-21H2,1-2H3,(H,43,47)/t22-,24-/m1/s1. The summed E-state index contributed by atoms with van der Waals surface area (Å²) in [7, 11) is 3.22. The number of carbonyl (C=O) groups is 2. The fourth-order valence-electron chi connectivity index (χ4n) is 6.76. The van der Waals surface area contributed by atoms with Crippen molar-refractivity contribution in [3.63, 3.8) is 0 Å². The quantitative estimate of drug-likeness (QED) is 0.134. The van der Waals surface area contributed by atoms with Crippen LogP contribution in [0.1, 0.15) is 56.1 Å². The van der Waals surface area contributed by atoms with E-state index in [9.17, 15) is 9.59 Å². The predicted molar refractivity (Wildman–Crippen MR) is 195 cm³/mol. The number of hydrogen-bond donors (Lipinski definition) is 2. The van der Waals surface area contributed by atoms with E-state index in [0.717, 1.165) is 66.5 Å². The van der Waals surface area contributed by atoms with Crippen molar-refractivity contribution in [2.75, 3.05) is 20.8 Å². The molecule has 8 nitrogen and oxygen atoms in total. The molecule has 1 amide bonds. The number of pyridine rings is 2. The molecule has 2 aromatic heterocycles. The van der Waals surface area contributed by atoms with Crippen LogP contribution in [-0.4, -0.2) is 48.5 Å². The summed E-state index contributed by atoms with van der Waals surface area (Å²) in [5.41, 5.74) is 5.94. The number of amides is 1. The fraction of sp³-hybridized carbons (Fsp3) is 0.368. The van der Waals surface area contributed by atoms with Gasteiger partial charge in [-0.25, -0.2) is 9.97 Å². The number of aromatic nitrogens is 2. The lowest BCUT2D eigenvalue weighted by Gasteiger charge is -2.17. The maximum Gasteiger partial charge on any atom is 0.220 e. The molecule has 3 heterocycles. The summed E-state index contributed by atoms with van der Waals surface area (Å²) < 4.78 is 11.4. The van der Waals surface area contributed by atoms with Crippen molar-refractivity contribution in [3.05, 3.63) is 80.9 Å². The lowest BCUT2D eigenvalue weighted by molar-refractivity contribution is -0.119. The van der Waals surface area contributed by atoms with Crippen LogP contribution in [0.5, 0.6) is 11.6 Å². The van der Waals surface area contributed by atoms with E-state index in [1.54, 1.807) is 14.2 Å². The molecule has 6 rings (SSSR count). The minimum absolute atomic E-state index is 0.135. The Morgan fingerprint density at radius 1 is 0.857 bits per heavy atom. The number of nitrogens with one attached hydrogen (secondary N) is 2. The first-order valence-electron chi connectivity index (χ1n) is 16.6. The maximum absolute atomic E-state index is 11.6. The van der Waals surface area contributed by atoms with Crippen molar-refractivity contribution in [3.8, 4) is 45.3 Å². The summed E-state index contributed by atoms with van der Waals surface area (Å²) in [6.07, 6.45) is 6.33. The summed E-state index contributed by atoms with van der Waals surface area (Å²) in [6, 6.07) is 17.6. The largest absolute Gasteiger partial charge is 0.496 e. The second kappa shape index (κ2) is 15.9. The van der Waals surface area contributed by atoms with Gasteiger partial charge in [0.05, 0.1) is 35.7 Å². The Kier molecular flexibility index (Phi) is 11.4. The zero-order chi connectivity index (χ0) is 34.5. The highest BCUT2D eigenvalue weighted by atomic mass is 35.5. The first-order valence-corrected chi connectivity index (χ1v) is 17.8. The minimum Gasteiger partial charge on any atom is -0.496 e. The highest BCUT2D eigenvalue weighted by Gasteiger charge is 2.24. The lowest BCUT2D eigenvalue weighted by Crippen LogP contribution is -2.25. The average Bonchev–Trinajstić information content (AvgIpc) is 3.72. The Balaban J connectivity index is 1.22. The van der Waals surface area contributed by atoms with Crippen molar-refractivity contribution in [1.82, 2.24) is 20.6 Å². The van der Waals surface area contributed by atoms with Gasteiger partial charge in [-0.05, 0) is 50.6 Å².